The Morgan fingerprint density at radius 1 is 1.14 bits per heavy atom. The molecule has 0 bridgehead atoms. The largest absolute Gasteiger partial charge is 0.478 e. The lowest BCUT2D eigenvalue weighted by Gasteiger charge is -2.05. The molecule has 0 fully saturated rings. The molecule has 6 heteroatoms. The minimum atomic E-state index is -4.65. The standard InChI is InChI=1S/C15H14F3NO2/c16-15(17,18)13-10-19(9-12(13)14(20)21)8-4-7-11-5-2-1-3-6-11/h1-3,5-6,9-10H,4,7-8H2,(H,20,21). The van der Waals surface area contributed by atoms with Crippen LogP contribution < -0.4 is 0 Å². The molecule has 1 heterocycles. The van der Waals surface area contributed by atoms with Gasteiger partial charge in [-0.25, -0.2) is 4.79 Å². The van der Waals surface area contributed by atoms with E-state index in [2.05, 4.69) is 0 Å². The maximum absolute atomic E-state index is 12.7. The maximum Gasteiger partial charge on any atom is 0.418 e. The average Bonchev–Trinajstić information content (AvgIpc) is 2.84. The van der Waals surface area contributed by atoms with Crippen molar-refractivity contribution in [1.29, 1.82) is 0 Å². The molecule has 1 aromatic heterocycles. The Kier molecular flexibility index (Phi) is 4.35. The predicted octanol–water partition coefficient (Wildman–Crippen LogP) is 3.84. The van der Waals surface area contributed by atoms with Crippen LogP contribution in [0.1, 0.15) is 27.9 Å². The van der Waals surface area contributed by atoms with E-state index in [1.807, 2.05) is 30.3 Å². The summed E-state index contributed by atoms with van der Waals surface area (Å²) >= 11 is 0. The second-order valence-corrected chi connectivity index (χ2v) is 4.72. The number of rotatable bonds is 5. The minimum absolute atomic E-state index is 0.339. The number of halogens is 3. The van der Waals surface area contributed by atoms with E-state index in [1.54, 1.807) is 0 Å². The van der Waals surface area contributed by atoms with Crippen molar-refractivity contribution >= 4 is 5.97 Å². The van der Waals surface area contributed by atoms with Crippen molar-refractivity contribution in [2.75, 3.05) is 0 Å². The number of hydrogen-bond acceptors (Lipinski definition) is 1. The second kappa shape index (κ2) is 6.03. The first-order valence-corrected chi connectivity index (χ1v) is 6.42. The molecule has 3 nitrogen and oxygen atoms in total. The molecule has 0 amide bonds. The van der Waals surface area contributed by atoms with E-state index in [9.17, 15) is 18.0 Å². The fourth-order valence-electron chi connectivity index (χ4n) is 2.14. The highest BCUT2D eigenvalue weighted by Crippen LogP contribution is 2.32. The zero-order valence-corrected chi connectivity index (χ0v) is 11.1. The third-order valence-corrected chi connectivity index (χ3v) is 3.14. The number of carboxylic acids is 1. The van der Waals surface area contributed by atoms with Gasteiger partial charge in [-0.2, -0.15) is 13.2 Å². The first kappa shape index (κ1) is 15.2. The summed E-state index contributed by atoms with van der Waals surface area (Å²) in [7, 11) is 0. The number of aryl methyl sites for hydroxylation is 2. The van der Waals surface area contributed by atoms with Gasteiger partial charge in [-0.05, 0) is 18.4 Å². The van der Waals surface area contributed by atoms with Crippen LogP contribution in [0, 0.1) is 0 Å². The van der Waals surface area contributed by atoms with Crippen LogP contribution in [-0.4, -0.2) is 15.6 Å². The fourth-order valence-corrected chi connectivity index (χ4v) is 2.14. The molecule has 0 saturated carbocycles. The van der Waals surface area contributed by atoms with Gasteiger partial charge >= 0.3 is 12.1 Å². The predicted molar refractivity (Wildman–Crippen MR) is 71.2 cm³/mol. The van der Waals surface area contributed by atoms with Crippen molar-refractivity contribution < 1.29 is 23.1 Å². The van der Waals surface area contributed by atoms with Crippen molar-refractivity contribution in [3.05, 3.63) is 59.4 Å². The van der Waals surface area contributed by atoms with Crippen LogP contribution in [0.3, 0.4) is 0 Å². The minimum Gasteiger partial charge on any atom is -0.478 e. The average molecular weight is 297 g/mol. The molecule has 1 N–H and O–H groups in total. The number of aromatic nitrogens is 1. The van der Waals surface area contributed by atoms with E-state index in [4.69, 9.17) is 5.11 Å². The fraction of sp³-hybridized carbons (Fsp3) is 0.267. The molecule has 0 spiro atoms. The van der Waals surface area contributed by atoms with Crippen LogP contribution in [0.2, 0.25) is 0 Å². The Morgan fingerprint density at radius 3 is 2.33 bits per heavy atom. The Labute approximate surface area is 119 Å². The van der Waals surface area contributed by atoms with Crippen LogP contribution in [0.4, 0.5) is 13.2 Å². The van der Waals surface area contributed by atoms with Gasteiger partial charge in [0, 0.05) is 18.9 Å². The van der Waals surface area contributed by atoms with Crippen molar-refractivity contribution in [2.45, 2.75) is 25.6 Å². The van der Waals surface area contributed by atoms with Crippen molar-refractivity contribution in [1.82, 2.24) is 4.57 Å². The van der Waals surface area contributed by atoms with E-state index in [0.717, 1.165) is 24.4 Å². The van der Waals surface area contributed by atoms with Crippen LogP contribution in [-0.2, 0) is 19.1 Å². The normalized spacial score (nSPS) is 11.6. The Bertz CT molecular complexity index is 618. The molecule has 0 radical (unpaired) electrons. The summed E-state index contributed by atoms with van der Waals surface area (Å²) < 4.78 is 39.5. The summed E-state index contributed by atoms with van der Waals surface area (Å²) in [6.45, 7) is 0.339. The van der Waals surface area contributed by atoms with E-state index >= 15 is 0 Å². The maximum atomic E-state index is 12.7. The van der Waals surface area contributed by atoms with Gasteiger partial charge in [0.15, 0.2) is 0 Å². The lowest BCUT2D eigenvalue weighted by atomic mass is 10.1. The third kappa shape index (κ3) is 3.87. The van der Waals surface area contributed by atoms with Crippen LogP contribution in [0.25, 0.3) is 0 Å². The Morgan fingerprint density at radius 2 is 1.81 bits per heavy atom. The number of carbonyl (C=O) groups is 1. The van der Waals surface area contributed by atoms with Gasteiger partial charge in [0.1, 0.15) is 0 Å². The summed E-state index contributed by atoms with van der Waals surface area (Å²) in [5.41, 5.74) is -0.712. The number of alkyl halides is 3. The van der Waals surface area contributed by atoms with E-state index in [-0.39, 0.29) is 0 Å². The molecule has 2 aromatic rings. The zero-order chi connectivity index (χ0) is 15.5. The molecule has 112 valence electrons. The monoisotopic (exact) mass is 297 g/mol. The van der Waals surface area contributed by atoms with Gasteiger partial charge in [-0.15, -0.1) is 0 Å². The summed E-state index contributed by atoms with van der Waals surface area (Å²) in [5, 5.41) is 8.83. The van der Waals surface area contributed by atoms with E-state index in [0.29, 0.717) is 13.0 Å². The molecule has 0 saturated heterocycles. The van der Waals surface area contributed by atoms with Crippen molar-refractivity contribution in [3.8, 4) is 0 Å². The third-order valence-electron chi connectivity index (χ3n) is 3.14. The molecule has 0 unspecified atom stereocenters. The molecule has 1 aromatic carbocycles. The van der Waals surface area contributed by atoms with Gasteiger partial charge in [0.05, 0.1) is 11.1 Å². The number of aromatic carboxylic acids is 1. The molecule has 2 rings (SSSR count). The molecule has 21 heavy (non-hydrogen) atoms. The first-order valence-electron chi connectivity index (χ1n) is 6.42. The molecule has 0 aliphatic rings. The second-order valence-electron chi connectivity index (χ2n) is 4.72. The van der Waals surface area contributed by atoms with Gasteiger partial charge in [0.25, 0.3) is 0 Å². The zero-order valence-electron chi connectivity index (χ0n) is 11.1. The van der Waals surface area contributed by atoms with Crippen LogP contribution >= 0.6 is 0 Å². The highest BCUT2D eigenvalue weighted by molar-refractivity contribution is 5.89. The summed E-state index contributed by atoms with van der Waals surface area (Å²) in [5.74, 6) is -1.57. The van der Waals surface area contributed by atoms with E-state index < -0.39 is 23.3 Å². The van der Waals surface area contributed by atoms with Crippen LogP contribution in [0.5, 0.6) is 0 Å². The molecule has 0 aliphatic carbocycles. The van der Waals surface area contributed by atoms with Crippen molar-refractivity contribution in [3.63, 3.8) is 0 Å². The molecule has 0 atom stereocenters. The lowest BCUT2D eigenvalue weighted by Crippen LogP contribution is -2.09. The number of nitrogens with zero attached hydrogens (tertiary/aromatic N) is 1. The van der Waals surface area contributed by atoms with Gasteiger partial charge in [0.2, 0.25) is 0 Å². The number of carboxylic acid groups (broad SMARTS) is 1. The van der Waals surface area contributed by atoms with Gasteiger partial charge < -0.3 is 9.67 Å². The highest BCUT2D eigenvalue weighted by Gasteiger charge is 2.36. The van der Waals surface area contributed by atoms with Crippen molar-refractivity contribution in [2.24, 2.45) is 0 Å². The SMILES string of the molecule is O=C(O)c1cn(CCCc2ccccc2)cc1C(F)(F)F. The van der Waals surface area contributed by atoms with Gasteiger partial charge in [-0.3, -0.25) is 0 Å². The quantitative estimate of drug-likeness (QED) is 0.911. The molecule has 0 aliphatic heterocycles. The molecular weight excluding hydrogens is 283 g/mol. The Hall–Kier alpha value is -2.24. The smallest absolute Gasteiger partial charge is 0.418 e. The topological polar surface area (TPSA) is 42.2 Å². The summed E-state index contributed by atoms with van der Waals surface area (Å²) in [6.07, 6.45) is -1.40. The highest BCUT2D eigenvalue weighted by atomic mass is 19.4. The number of benzene rings is 1. The Balaban J connectivity index is 2.06. The lowest BCUT2D eigenvalue weighted by molar-refractivity contribution is -0.138. The number of hydrogen-bond donors (Lipinski definition) is 1. The summed E-state index contributed by atoms with van der Waals surface area (Å²) in [6, 6.07) is 9.58. The summed E-state index contributed by atoms with van der Waals surface area (Å²) in [4.78, 5) is 10.9. The van der Waals surface area contributed by atoms with Crippen LogP contribution in [0.15, 0.2) is 42.7 Å². The molecular formula is C15H14F3NO2. The van der Waals surface area contributed by atoms with E-state index in [1.165, 1.54) is 4.57 Å². The first-order chi connectivity index (χ1) is 9.88. The van der Waals surface area contributed by atoms with Gasteiger partial charge in [-0.1, -0.05) is 30.3 Å².